The highest BCUT2D eigenvalue weighted by molar-refractivity contribution is 6.09. The van der Waals surface area contributed by atoms with E-state index in [1.54, 1.807) is 33.0 Å². The lowest BCUT2D eigenvalue weighted by atomic mass is 10.1. The molecule has 0 saturated heterocycles. The molecule has 1 amide bonds. The van der Waals surface area contributed by atoms with Gasteiger partial charge in [0.2, 0.25) is 0 Å². The molecule has 0 atom stereocenters. The number of pyridine rings is 1. The number of aryl methyl sites for hydroxylation is 1. The highest BCUT2D eigenvalue weighted by Gasteiger charge is 2.33. The van der Waals surface area contributed by atoms with Crippen LogP contribution in [0.5, 0.6) is 0 Å². The number of hydrogen-bond acceptors (Lipinski definition) is 6. The number of fused-ring (bicyclic) bond motifs is 1. The molecule has 4 rings (SSSR count). The summed E-state index contributed by atoms with van der Waals surface area (Å²) < 4.78 is 42.6. The van der Waals surface area contributed by atoms with E-state index in [2.05, 4.69) is 25.5 Å². The van der Waals surface area contributed by atoms with E-state index in [4.69, 9.17) is 0 Å². The summed E-state index contributed by atoms with van der Waals surface area (Å²) in [5.74, 6) is -0.560. The Balaban J connectivity index is 1.79. The lowest BCUT2D eigenvalue weighted by Gasteiger charge is -2.16. The molecular weight excluding hydrogens is 439 g/mol. The van der Waals surface area contributed by atoms with Crippen molar-refractivity contribution in [1.82, 2.24) is 29.4 Å². The maximum Gasteiger partial charge on any atom is 0.433 e. The Morgan fingerprint density at radius 2 is 1.97 bits per heavy atom. The lowest BCUT2D eigenvalue weighted by molar-refractivity contribution is -0.141. The van der Waals surface area contributed by atoms with Crippen molar-refractivity contribution >= 4 is 17.2 Å². The Bertz CT molecular complexity index is 1340. The molecule has 0 fully saturated rings. The van der Waals surface area contributed by atoms with Gasteiger partial charge in [-0.25, -0.2) is 9.50 Å². The van der Waals surface area contributed by atoms with Crippen molar-refractivity contribution < 1.29 is 23.1 Å². The number of carbonyl (C=O) groups is 1. The zero-order chi connectivity index (χ0) is 24.0. The smallest absolute Gasteiger partial charge is 0.389 e. The van der Waals surface area contributed by atoms with Crippen molar-refractivity contribution in [1.29, 1.82) is 0 Å². The summed E-state index contributed by atoms with van der Waals surface area (Å²) in [4.78, 5) is 20.6. The monoisotopic (exact) mass is 459 g/mol. The number of anilines is 1. The average molecular weight is 459 g/mol. The molecule has 4 aromatic heterocycles. The fourth-order valence-electron chi connectivity index (χ4n) is 3.30. The Morgan fingerprint density at radius 1 is 1.21 bits per heavy atom. The second-order valence-electron chi connectivity index (χ2n) is 8.18. The molecule has 0 aliphatic rings. The molecular formula is C21H20F3N7O2. The number of aromatic nitrogens is 6. The first-order chi connectivity index (χ1) is 15.4. The first-order valence-corrected chi connectivity index (χ1v) is 9.86. The molecule has 0 unspecified atom stereocenters. The van der Waals surface area contributed by atoms with Gasteiger partial charge in [0, 0.05) is 30.4 Å². The van der Waals surface area contributed by atoms with Crippen molar-refractivity contribution in [3.05, 3.63) is 59.9 Å². The standard InChI is InChI=1S/C21H20F3N7O2/c1-12-8-26-16(21(22,23)24)7-13(12)17-15(10-30(29-17)11-20(2,3)33)28-19(32)14-9-27-31-6-4-5-25-18(14)31/h4-10,33H,11H2,1-3H3,(H,28,32). The fourth-order valence-corrected chi connectivity index (χ4v) is 3.30. The zero-order valence-corrected chi connectivity index (χ0v) is 17.9. The highest BCUT2D eigenvalue weighted by Crippen LogP contribution is 2.35. The van der Waals surface area contributed by atoms with E-state index in [-0.39, 0.29) is 29.1 Å². The molecule has 9 nitrogen and oxygen atoms in total. The highest BCUT2D eigenvalue weighted by atomic mass is 19.4. The van der Waals surface area contributed by atoms with Crippen LogP contribution >= 0.6 is 0 Å². The van der Waals surface area contributed by atoms with E-state index >= 15 is 0 Å². The van der Waals surface area contributed by atoms with Gasteiger partial charge in [-0.1, -0.05) is 0 Å². The number of rotatable bonds is 5. The lowest BCUT2D eigenvalue weighted by Crippen LogP contribution is -2.26. The fraction of sp³-hybridized carbons (Fsp3) is 0.286. The largest absolute Gasteiger partial charge is 0.433 e. The van der Waals surface area contributed by atoms with E-state index < -0.39 is 23.4 Å². The third-order valence-corrected chi connectivity index (χ3v) is 4.73. The number of nitrogens with one attached hydrogen (secondary N) is 1. The first-order valence-electron chi connectivity index (χ1n) is 9.86. The number of amides is 1. The van der Waals surface area contributed by atoms with Crippen LogP contribution < -0.4 is 5.32 Å². The topological polar surface area (TPSA) is 110 Å². The maximum atomic E-state index is 13.3. The summed E-state index contributed by atoms with van der Waals surface area (Å²) in [5.41, 5.74) is -0.862. The van der Waals surface area contributed by atoms with Crippen molar-refractivity contribution in [2.45, 2.75) is 39.1 Å². The average Bonchev–Trinajstić information content (AvgIpc) is 3.30. The second kappa shape index (κ2) is 7.96. The molecule has 2 N–H and O–H groups in total. The zero-order valence-electron chi connectivity index (χ0n) is 17.9. The van der Waals surface area contributed by atoms with Crippen LogP contribution in [0.2, 0.25) is 0 Å². The molecule has 33 heavy (non-hydrogen) atoms. The van der Waals surface area contributed by atoms with Gasteiger partial charge in [0.05, 0.1) is 24.0 Å². The molecule has 4 aromatic rings. The molecule has 0 bridgehead atoms. The van der Waals surface area contributed by atoms with E-state index in [1.807, 2.05) is 0 Å². The van der Waals surface area contributed by atoms with Gasteiger partial charge in [0.25, 0.3) is 5.91 Å². The second-order valence-corrected chi connectivity index (χ2v) is 8.18. The molecule has 0 radical (unpaired) electrons. The van der Waals surface area contributed by atoms with Crippen LogP contribution in [0.1, 0.15) is 35.5 Å². The minimum absolute atomic E-state index is 0.0460. The summed E-state index contributed by atoms with van der Waals surface area (Å²) >= 11 is 0. The number of hydrogen-bond donors (Lipinski definition) is 2. The first kappa shape index (κ1) is 22.4. The Labute approximate surface area is 185 Å². The summed E-state index contributed by atoms with van der Waals surface area (Å²) in [6.07, 6.45) is 2.40. The van der Waals surface area contributed by atoms with Crippen LogP contribution in [0.4, 0.5) is 18.9 Å². The number of nitrogens with zero attached hydrogens (tertiary/aromatic N) is 6. The Morgan fingerprint density at radius 3 is 2.67 bits per heavy atom. The molecule has 0 spiro atoms. The predicted molar refractivity (Wildman–Crippen MR) is 112 cm³/mol. The van der Waals surface area contributed by atoms with Gasteiger partial charge in [0.15, 0.2) is 5.65 Å². The number of alkyl halides is 3. The van der Waals surface area contributed by atoms with Crippen LogP contribution in [-0.2, 0) is 12.7 Å². The molecule has 172 valence electrons. The summed E-state index contributed by atoms with van der Waals surface area (Å²) in [5, 5.41) is 21.3. The summed E-state index contributed by atoms with van der Waals surface area (Å²) in [6.45, 7) is 4.77. The molecule has 0 aromatic carbocycles. The van der Waals surface area contributed by atoms with Crippen LogP contribution in [-0.4, -0.2) is 46.0 Å². The van der Waals surface area contributed by atoms with Gasteiger partial charge in [-0.3, -0.25) is 14.5 Å². The molecule has 0 aliphatic carbocycles. The normalized spacial score (nSPS) is 12.3. The van der Waals surface area contributed by atoms with E-state index in [1.165, 1.54) is 27.8 Å². The Kier molecular flexibility index (Phi) is 5.40. The quantitative estimate of drug-likeness (QED) is 0.474. The maximum absolute atomic E-state index is 13.3. The molecule has 0 aliphatic heterocycles. The number of halogens is 3. The number of carbonyl (C=O) groups excluding carboxylic acids is 1. The van der Waals surface area contributed by atoms with Crippen molar-refractivity contribution in [2.24, 2.45) is 0 Å². The molecule has 12 heteroatoms. The molecule has 4 heterocycles. The van der Waals surface area contributed by atoms with Crippen LogP contribution in [0.3, 0.4) is 0 Å². The summed E-state index contributed by atoms with van der Waals surface area (Å²) in [7, 11) is 0. The van der Waals surface area contributed by atoms with Crippen molar-refractivity contribution in [2.75, 3.05) is 5.32 Å². The van der Waals surface area contributed by atoms with Crippen LogP contribution in [0.15, 0.2) is 43.1 Å². The third kappa shape index (κ3) is 4.70. The minimum Gasteiger partial charge on any atom is -0.389 e. The Hall–Kier alpha value is -3.80. The van der Waals surface area contributed by atoms with Gasteiger partial charge in [-0.2, -0.15) is 23.4 Å². The van der Waals surface area contributed by atoms with E-state index in [0.29, 0.717) is 11.2 Å². The van der Waals surface area contributed by atoms with Crippen LogP contribution in [0.25, 0.3) is 16.9 Å². The van der Waals surface area contributed by atoms with Crippen molar-refractivity contribution in [3.63, 3.8) is 0 Å². The SMILES string of the molecule is Cc1cnc(C(F)(F)F)cc1-c1nn(CC(C)(C)O)cc1NC(=O)c1cnn2cccnc12. The third-order valence-electron chi connectivity index (χ3n) is 4.73. The molecule has 0 saturated carbocycles. The summed E-state index contributed by atoms with van der Waals surface area (Å²) in [6, 6.07) is 2.55. The van der Waals surface area contributed by atoms with E-state index in [0.717, 1.165) is 12.3 Å². The minimum atomic E-state index is -4.65. The predicted octanol–water partition coefficient (Wildman–Crippen LogP) is 3.34. The number of aliphatic hydroxyl groups is 1. The van der Waals surface area contributed by atoms with Crippen LogP contribution in [0, 0.1) is 6.92 Å². The van der Waals surface area contributed by atoms with Gasteiger partial charge in [0.1, 0.15) is 17.0 Å². The van der Waals surface area contributed by atoms with Gasteiger partial charge in [-0.15, -0.1) is 0 Å². The van der Waals surface area contributed by atoms with Crippen molar-refractivity contribution in [3.8, 4) is 11.3 Å². The van der Waals surface area contributed by atoms with Gasteiger partial charge in [-0.05, 0) is 38.5 Å². The van der Waals surface area contributed by atoms with Gasteiger partial charge >= 0.3 is 6.18 Å². The van der Waals surface area contributed by atoms with E-state index in [9.17, 15) is 23.1 Å². The van der Waals surface area contributed by atoms with Gasteiger partial charge < -0.3 is 10.4 Å².